The number of carbonyl (C=O) groups is 4. The summed E-state index contributed by atoms with van der Waals surface area (Å²) in [6.07, 6.45) is 10.2. The van der Waals surface area contributed by atoms with E-state index in [1.54, 1.807) is 74.8 Å². The van der Waals surface area contributed by atoms with Crippen LogP contribution in [0.4, 0.5) is 8.78 Å². The van der Waals surface area contributed by atoms with E-state index in [1.165, 1.54) is 34.1 Å². The first-order valence-corrected chi connectivity index (χ1v) is 22.0. The van der Waals surface area contributed by atoms with Gasteiger partial charge < -0.3 is 29.9 Å². The third kappa shape index (κ3) is 12.9. The molecule has 0 aliphatic carbocycles. The maximum atomic E-state index is 13.4. The number of ether oxygens (including phenoxy) is 2. The van der Waals surface area contributed by atoms with E-state index >= 15 is 0 Å². The van der Waals surface area contributed by atoms with Crippen LogP contribution < -0.4 is 20.1 Å². The molecule has 0 radical (unpaired) electrons. The number of hydrogen-bond donors (Lipinski definition) is 2. The highest BCUT2D eigenvalue weighted by Crippen LogP contribution is 2.28. The monoisotopic (exact) mass is 876 g/mol. The SMILES string of the molecule is CC(C)[C@H]1C(=O)N[C@@H](c2ccc(F)cc2)C/C=C/C[C@H](C)Oc2ccccc2C(=O)N1C.CC(C)[C@H]1C(=O)N[C@@H](c2ccc(F)cc2)C/C=C\C[C@H](C)Oc2ccccc2C(=O)N1C. The van der Waals surface area contributed by atoms with Crippen molar-refractivity contribution in [2.75, 3.05) is 14.1 Å². The maximum Gasteiger partial charge on any atom is 0.258 e. The average Bonchev–Trinajstić information content (AvgIpc) is 3.25. The molecule has 0 saturated heterocycles. The fourth-order valence-electron chi connectivity index (χ4n) is 8.01. The molecule has 12 heteroatoms. The average molecular weight is 877 g/mol. The molecule has 6 rings (SSSR count). The molecule has 0 bridgehead atoms. The Hall–Kier alpha value is -6.30. The van der Waals surface area contributed by atoms with Crippen LogP contribution in [0, 0.1) is 23.5 Å². The first-order valence-electron chi connectivity index (χ1n) is 22.0. The van der Waals surface area contributed by atoms with Gasteiger partial charge in [0.05, 0.1) is 35.4 Å². The second kappa shape index (κ2) is 22.9. The summed E-state index contributed by atoms with van der Waals surface area (Å²) in [7, 11) is 3.29. The number of fused-ring (bicyclic) bond motifs is 2. The summed E-state index contributed by atoms with van der Waals surface area (Å²) in [6, 6.07) is 24.5. The molecular formula is C52H62F2N4O6. The third-order valence-electron chi connectivity index (χ3n) is 11.4. The lowest BCUT2D eigenvalue weighted by atomic mass is 9.98. The molecule has 2 aliphatic heterocycles. The van der Waals surface area contributed by atoms with Gasteiger partial charge in [0.25, 0.3) is 11.8 Å². The summed E-state index contributed by atoms with van der Waals surface area (Å²) in [5.74, 6) is -0.909. The summed E-state index contributed by atoms with van der Waals surface area (Å²) >= 11 is 0. The minimum Gasteiger partial charge on any atom is -0.490 e. The summed E-state index contributed by atoms with van der Waals surface area (Å²) < 4.78 is 39.0. The Labute approximate surface area is 376 Å². The summed E-state index contributed by atoms with van der Waals surface area (Å²) in [5.41, 5.74) is 2.47. The Morgan fingerprint density at radius 2 is 0.844 bits per heavy atom. The number of benzene rings is 4. The minimum absolute atomic E-state index is 0.117. The number of likely N-dealkylation sites (N-methyl/N-ethyl adjacent to an activating group) is 2. The maximum absolute atomic E-state index is 13.4. The van der Waals surface area contributed by atoms with Crippen LogP contribution in [0.15, 0.2) is 121 Å². The molecule has 0 unspecified atom stereocenters. The number of para-hydroxylation sites is 2. The van der Waals surface area contributed by atoms with Gasteiger partial charge in [0.2, 0.25) is 11.8 Å². The van der Waals surface area contributed by atoms with Crippen LogP contribution in [-0.4, -0.2) is 71.8 Å². The van der Waals surface area contributed by atoms with E-state index in [4.69, 9.17) is 9.47 Å². The second-order valence-electron chi connectivity index (χ2n) is 17.2. The van der Waals surface area contributed by atoms with Crippen molar-refractivity contribution in [1.29, 1.82) is 0 Å². The zero-order valence-corrected chi connectivity index (χ0v) is 38.1. The van der Waals surface area contributed by atoms with Crippen LogP contribution in [0.5, 0.6) is 11.5 Å². The van der Waals surface area contributed by atoms with Gasteiger partial charge in [-0.05, 0) is 98.2 Å². The minimum atomic E-state index is -0.678. The Bertz CT molecular complexity index is 2100. The van der Waals surface area contributed by atoms with Gasteiger partial charge in [-0.3, -0.25) is 19.2 Å². The quantitative estimate of drug-likeness (QED) is 0.197. The normalized spacial score (nSPS) is 23.7. The van der Waals surface area contributed by atoms with Crippen molar-refractivity contribution in [3.05, 3.63) is 155 Å². The molecule has 4 aromatic carbocycles. The van der Waals surface area contributed by atoms with E-state index in [1.807, 2.05) is 78.0 Å². The van der Waals surface area contributed by atoms with E-state index in [0.717, 1.165) is 11.1 Å². The predicted molar refractivity (Wildman–Crippen MR) is 246 cm³/mol. The number of hydrogen-bond acceptors (Lipinski definition) is 6. The smallest absolute Gasteiger partial charge is 0.258 e. The van der Waals surface area contributed by atoms with Crippen molar-refractivity contribution in [2.24, 2.45) is 11.8 Å². The molecule has 2 aliphatic rings. The van der Waals surface area contributed by atoms with Crippen LogP contribution in [0.2, 0.25) is 0 Å². The lowest BCUT2D eigenvalue weighted by molar-refractivity contribution is -0.128. The van der Waals surface area contributed by atoms with Gasteiger partial charge in [0.1, 0.15) is 35.2 Å². The zero-order chi connectivity index (χ0) is 46.5. The van der Waals surface area contributed by atoms with Crippen molar-refractivity contribution >= 4 is 23.6 Å². The van der Waals surface area contributed by atoms with Gasteiger partial charge in [-0.25, -0.2) is 8.78 Å². The number of halogens is 2. The summed E-state index contributed by atoms with van der Waals surface area (Å²) in [4.78, 5) is 56.4. The van der Waals surface area contributed by atoms with Crippen molar-refractivity contribution < 1.29 is 37.4 Å². The molecule has 2 heterocycles. The Morgan fingerprint density at radius 3 is 1.19 bits per heavy atom. The van der Waals surface area contributed by atoms with E-state index in [0.29, 0.717) is 48.3 Å². The van der Waals surface area contributed by atoms with Crippen LogP contribution in [0.1, 0.15) is 111 Å². The molecule has 4 amide bonds. The standard InChI is InChI=1S/2C26H31FN2O3/c2*1-17(2)24-25(30)28-22(19-13-15-20(27)16-14-19)11-7-5-9-18(3)32-23-12-8-6-10-21(23)26(31)29(24)4/h2*5-8,10,12-18,22,24H,9,11H2,1-4H3,(H,28,30)/b7-5+;7-5-/t2*18-,22+,24-/m00/s1. The molecular weight excluding hydrogens is 815 g/mol. The van der Waals surface area contributed by atoms with E-state index in [2.05, 4.69) is 10.6 Å². The molecule has 6 atom stereocenters. The largest absolute Gasteiger partial charge is 0.490 e. The number of nitrogens with one attached hydrogen (secondary N) is 2. The molecule has 4 aromatic rings. The molecule has 340 valence electrons. The highest BCUT2D eigenvalue weighted by molar-refractivity contribution is 6.00. The van der Waals surface area contributed by atoms with E-state index < -0.39 is 12.1 Å². The third-order valence-corrected chi connectivity index (χ3v) is 11.4. The Morgan fingerprint density at radius 1 is 0.516 bits per heavy atom. The topological polar surface area (TPSA) is 117 Å². The Balaban J connectivity index is 0.000000241. The fraction of sp³-hybridized carbons (Fsp3) is 0.385. The zero-order valence-electron chi connectivity index (χ0n) is 38.1. The van der Waals surface area contributed by atoms with Crippen molar-refractivity contribution in [3.63, 3.8) is 0 Å². The highest BCUT2D eigenvalue weighted by Gasteiger charge is 2.34. The molecule has 0 saturated carbocycles. The predicted octanol–water partition coefficient (Wildman–Crippen LogP) is 9.79. The van der Waals surface area contributed by atoms with E-state index in [9.17, 15) is 28.0 Å². The number of carbonyl (C=O) groups excluding carboxylic acids is 4. The van der Waals surface area contributed by atoms with Crippen LogP contribution >= 0.6 is 0 Å². The first-order chi connectivity index (χ1) is 30.5. The highest BCUT2D eigenvalue weighted by atomic mass is 19.1. The molecule has 0 spiro atoms. The number of amides is 4. The lowest BCUT2D eigenvalue weighted by Gasteiger charge is -2.32. The molecule has 0 aromatic heterocycles. The lowest BCUT2D eigenvalue weighted by Crippen LogP contribution is -2.51. The van der Waals surface area contributed by atoms with Gasteiger partial charge in [-0.2, -0.15) is 0 Å². The number of rotatable bonds is 4. The van der Waals surface area contributed by atoms with Crippen molar-refractivity contribution in [3.8, 4) is 11.5 Å². The van der Waals surface area contributed by atoms with Gasteiger partial charge in [0.15, 0.2) is 0 Å². The van der Waals surface area contributed by atoms with Crippen LogP contribution in [0.25, 0.3) is 0 Å². The van der Waals surface area contributed by atoms with Crippen molar-refractivity contribution in [1.82, 2.24) is 20.4 Å². The first kappa shape index (κ1) is 48.7. The van der Waals surface area contributed by atoms with Gasteiger partial charge in [-0.15, -0.1) is 0 Å². The molecule has 2 N–H and O–H groups in total. The summed E-state index contributed by atoms with van der Waals surface area (Å²) in [5, 5.41) is 6.17. The molecule has 10 nitrogen and oxygen atoms in total. The Kier molecular flexibility index (Phi) is 17.4. The number of nitrogens with zero attached hydrogens (tertiary/aromatic N) is 2. The van der Waals surface area contributed by atoms with Gasteiger partial charge >= 0.3 is 0 Å². The molecule has 0 fully saturated rings. The van der Waals surface area contributed by atoms with Gasteiger partial charge in [0, 0.05) is 26.9 Å². The van der Waals surface area contributed by atoms with Crippen LogP contribution in [0.3, 0.4) is 0 Å². The second-order valence-corrected chi connectivity index (χ2v) is 17.2. The fourth-order valence-corrected chi connectivity index (χ4v) is 8.01. The van der Waals surface area contributed by atoms with Crippen molar-refractivity contribution in [2.45, 2.75) is 104 Å². The van der Waals surface area contributed by atoms with Crippen LogP contribution in [-0.2, 0) is 9.59 Å². The van der Waals surface area contributed by atoms with Gasteiger partial charge in [-0.1, -0.05) is 101 Å². The summed E-state index contributed by atoms with van der Waals surface area (Å²) in [6.45, 7) is 11.6. The molecule has 64 heavy (non-hydrogen) atoms. The van der Waals surface area contributed by atoms with E-state index in [-0.39, 0.29) is 71.4 Å².